The normalized spacial score (nSPS) is 20.3. The molecule has 0 aromatic carbocycles. The van der Waals surface area contributed by atoms with E-state index in [4.69, 9.17) is 11.5 Å². The second kappa shape index (κ2) is 7.51. The Kier molecular flexibility index (Phi) is 5.31. The van der Waals surface area contributed by atoms with Crippen molar-refractivity contribution in [3.05, 3.63) is 47.3 Å². The molecule has 0 radical (unpaired) electrons. The Balaban J connectivity index is 0.00000280. The van der Waals surface area contributed by atoms with Crippen molar-refractivity contribution in [1.29, 1.82) is 0 Å². The standard InChI is InChI=1S/C18H20F3N5O.3H2/c19-18(20,21)13-6-7-14(25-11-4-1-3-10(22)9-11)26-15(13)16(27)12-5-2-8-24-17(12)23;;;/h2,5-8,10-11H,1,3-4,9,22H2,(H2,23,24)(H,25,26);3*1H. The van der Waals surface area contributed by atoms with Crippen LogP contribution in [0.15, 0.2) is 30.5 Å². The average molecular weight is 385 g/mol. The van der Waals surface area contributed by atoms with E-state index in [1.165, 1.54) is 24.4 Å². The van der Waals surface area contributed by atoms with Crippen LogP contribution in [0.5, 0.6) is 0 Å². The van der Waals surface area contributed by atoms with E-state index >= 15 is 0 Å². The van der Waals surface area contributed by atoms with Crippen LogP contribution in [0.25, 0.3) is 0 Å². The molecule has 3 rings (SSSR count). The van der Waals surface area contributed by atoms with E-state index in [1.807, 2.05) is 0 Å². The third-order valence-corrected chi connectivity index (χ3v) is 4.57. The molecular weight excluding hydrogens is 359 g/mol. The summed E-state index contributed by atoms with van der Waals surface area (Å²) in [5.41, 5.74) is 9.67. The van der Waals surface area contributed by atoms with Gasteiger partial charge in [-0.05, 0) is 49.9 Å². The summed E-state index contributed by atoms with van der Waals surface area (Å²) in [6, 6.07) is 4.89. The Morgan fingerprint density at radius 2 is 2.04 bits per heavy atom. The number of anilines is 2. The first-order valence-corrected chi connectivity index (χ1v) is 8.61. The van der Waals surface area contributed by atoms with Crippen LogP contribution in [-0.2, 0) is 6.18 Å². The molecule has 0 saturated heterocycles. The van der Waals surface area contributed by atoms with Crippen molar-refractivity contribution in [1.82, 2.24) is 9.97 Å². The van der Waals surface area contributed by atoms with E-state index < -0.39 is 23.2 Å². The summed E-state index contributed by atoms with van der Waals surface area (Å²) in [4.78, 5) is 20.4. The number of rotatable bonds is 4. The highest BCUT2D eigenvalue weighted by atomic mass is 19.4. The molecule has 2 heterocycles. The molecule has 2 aromatic rings. The fourth-order valence-electron chi connectivity index (χ4n) is 3.25. The summed E-state index contributed by atoms with van der Waals surface area (Å²) in [7, 11) is 0. The predicted octanol–water partition coefficient (Wildman–Crippen LogP) is 3.73. The first-order valence-electron chi connectivity index (χ1n) is 8.61. The van der Waals surface area contributed by atoms with Crippen LogP contribution < -0.4 is 16.8 Å². The second-order valence-electron chi connectivity index (χ2n) is 6.62. The van der Waals surface area contributed by atoms with Crippen LogP contribution in [0.2, 0.25) is 0 Å². The number of carbonyl (C=O) groups is 1. The van der Waals surface area contributed by atoms with E-state index in [1.54, 1.807) is 0 Å². The molecule has 5 N–H and O–H groups in total. The quantitative estimate of drug-likeness (QED) is 0.693. The molecule has 2 atom stereocenters. The van der Waals surface area contributed by atoms with Gasteiger partial charge >= 0.3 is 6.18 Å². The maximum Gasteiger partial charge on any atom is 0.418 e. The number of hydrogen-bond donors (Lipinski definition) is 3. The lowest BCUT2D eigenvalue weighted by molar-refractivity contribution is -0.138. The van der Waals surface area contributed by atoms with Crippen molar-refractivity contribution in [2.45, 2.75) is 43.9 Å². The first-order chi connectivity index (χ1) is 12.8. The minimum absolute atomic E-state index is 0. The van der Waals surface area contributed by atoms with Gasteiger partial charge in [-0.15, -0.1) is 0 Å². The Morgan fingerprint density at radius 3 is 2.70 bits per heavy atom. The Bertz CT molecular complexity index is 854. The molecule has 0 aliphatic heterocycles. The monoisotopic (exact) mass is 385 g/mol. The highest BCUT2D eigenvalue weighted by Crippen LogP contribution is 2.34. The van der Waals surface area contributed by atoms with Gasteiger partial charge in [-0.3, -0.25) is 4.79 Å². The van der Waals surface area contributed by atoms with Gasteiger partial charge in [0.05, 0.1) is 11.1 Å². The van der Waals surface area contributed by atoms with Gasteiger partial charge < -0.3 is 16.8 Å². The molecule has 0 amide bonds. The zero-order valence-corrected chi connectivity index (χ0v) is 14.5. The third-order valence-electron chi connectivity index (χ3n) is 4.57. The van der Waals surface area contributed by atoms with Crippen LogP contribution in [0.3, 0.4) is 0 Å². The highest BCUT2D eigenvalue weighted by Gasteiger charge is 2.37. The van der Waals surface area contributed by atoms with E-state index in [0.29, 0.717) is 6.42 Å². The average Bonchev–Trinajstić information content (AvgIpc) is 2.60. The molecule has 6 nitrogen and oxygen atoms in total. The van der Waals surface area contributed by atoms with Crippen molar-refractivity contribution >= 4 is 17.4 Å². The minimum Gasteiger partial charge on any atom is -0.383 e. The summed E-state index contributed by atoms with van der Waals surface area (Å²) in [6.45, 7) is 0. The van der Waals surface area contributed by atoms with Crippen LogP contribution in [-0.4, -0.2) is 27.8 Å². The van der Waals surface area contributed by atoms with Crippen LogP contribution >= 0.6 is 0 Å². The van der Waals surface area contributed by atoms with Crippen molar-refractivity contribution in [2.24, 2.45) is 5.73 Å². The topological polar surface area (TPSA) is 107 Å². The van der Waals surface area contributed by atoms with Crippen molar-refractivity contribution in [3.8, 4) is 0 Å². The maximum atomic E-state index is 13.4. The number of hydrogen-bond acceptors (Lipinski definition) is 6. The lowest BCUT2D eigenvalue weighted by atomic mass is 9.91. The zero-order valence-electron chi connectivity index (χ0n) is 14.5. The van der Waals surface area contributed by atoms with Crippen molar-refractivity contribution in [3.63, 3.8) is 0 Å². The molecule has 150 valence electrons. The molecule has 9 heteroatoms. The number of pyridine rings is 2. The predicted molar refractivity (Wildman–Crippen MR) is 102 cm³/mol. The number of carbonyl (C=O) groups excluding carboxylic acids is 1. The van der Waals surface area contributed by atoms with Gasteiger partial charge in [0.25, 0.3) is 0 Å². The lowest BCUT2D eigenvalue weighted by Crippen LogP contribution is -2.35. The SMILES string of the molecule is Nc1ncccc1C(=O)c1nc(NC2CCCC(N)C2)ccc1C(F)(F)F.[HH].[HH].[HH]. The fraction of sp³-hybridized carbons (Fsp3) is 0.389. The molecule has 27 heavy (non-hydrogen) atoms. The summed E-state index contributed by atoms with van der Waals surface area (Å²) in [5, 5.41) is 3.09. The number of alkyl halides is 3. The fourth-order valence-corrected chi connectivity index (χ4v) is 3.25. The number of nitrogens with one attached hydrogen (secondary N) is 1. The molecule has 2 unspecified atom stereocenters. The third kappa shape index (κ3) is 4.36. The van der Waals surface area contributed by atoms with E-state index in [0.717, 1.165) is 25.3 Å². The largest absolute Gasteiger partial charge is 0.418 e. The Hall–Kier alpha value is -2.68. The van der Waals surface area contributed by atoms with Gasteiger partial charge in [-0.2, -0.15) is 13.2 Å². The molecular formula is C18H26F3N5O. The van der Waals surface area contributed by atoms with Crippen LogP contribution in [0.1, 0.15) is 51.6 Å². The lowest BCUT2D eigenvalue weighted by Gasteiger charge is -2.28. The van der Waals surface area contributed by atoms with Gasteiger partial charge in [-0.1, -0.05) is 0 Å². The molecule has 0 bridgehead atoms. The van der Waals surface area contributed by atoms with Gasteiger partial charge in [0, 0.05) is 22.6 Å². The van der Waals surface area contributed by atoms with Crippen LogP contribution in [0.4, 0.5) is 24.8 Å². The van der Waals surface area contributed by atoms with Crippen molar-refractivity contribution in [2.75, 3.05) is 11.1 Å². The number of nitrogen functional groups attached to an aromatic ring is 1. The summed E-state index contributed by atoms with van der Waals surface area (Å²) in [6.07, 6.45) is 0.0199. The number of ketones is 1. The highest BCUT2D eigenvalue weighted by molar-refractivity contribution is 6.11. The van der Waals surface area contributed by atoms with Crippen molar-refractivity contribution < 1.29 is 22.2 Å². The number of aromatic nitrogens is 2. The molecule has 0 spiro atoms. The Morgan fingerprint density at radius 1 is 1.26 bits per heavy atom. The van der Waals surface area contributed by atoms with Gasteiger partial charge in [-0.25, -0.2) is 9.97 Å². The minimum atomic E-state index is -4.72. The number of nitrogens with two attached hydrogens (primary N) is 2. The maximum absolute atomic E-state index is 13.4. The molecule has 1 aliphatic carbocycles. The molecule has 1 fully saturated rings. The van der Waals surface area contributed by atoms with E-state index in [-0.39, 0.29) is 33.6 Å². The Labute approximate surface area is 158 Å². The number of nitrogens with zero attached hydrogens (tertiary/aromatic N) is 2. The zero-order chi connectivity index (χ0) is 19.6. The smallest absolute Gasteiger partial charge is 0.383 e. The first kappa shape index (κ1) is 19.1. The summed E-state index contributed by atoms with van der Waals surface area (Å²) < 4.78 is 40.2. The molecule has 1 aliphatic rings. The second-order valence-corrected chi connectivity index (χ2v) is 6.62. The molecule has 1 saturated carbocycles. The molecule has 2 aromatic heterocycles. The van der Waals surface area contributed by atoms with Gasteiger partial charge in [0.2, 0.25) is 5.78 Å². The number of halogens is 3. The van der Waals surface area contributed by atoms with E-state index in [9.17, 15) is 18.0 Å². The van der Waals surface area contributed by atoms with E-state index in [2.05, 4.69) is 15.3 Å². The van der Waals surface area contributed by atoms with Gasteiger partial charge in [0.15, 0.2) is 0 Å². The summed E-state index contributed by atoms with van der Waals surface area (Å²) in [5.74, 6) is -0.862. The van der Waals surface area contributed by atoms with Gasteiger partial charge in [0.1, 0.15) is 17.3 Å². The van der Waals surface area contributed by atoms with Crippen LogP contribution in [0, 0.1) is 0 Å². The summed E-state index contributed by atoms with van der Waals surface area (Å²) >= 11 is 0.